The van der Waals surface area contributed by atoms with Gasteiger partial charge in [-0.1, -0.05) is 78.9 Å². The Morgan fingerprint density at radius 3 is 1.88 bits per heavy atom. The molecule has 1 aliphatic heterocycles. The predicted octanol–water partition coefficient (Wildman–Crippen LogP) is 4.02. The maximum atomic E-state index is 13.0. The van der Waals surface area contributed by atoms with Gasteiger partial charge in [0.15, 0.2) is 0 Å². The Bertz CT molecular complexity index is 1090. The molecule has 32 heavy (non-hydrogen) atoms. The van der Waals surface area contributed by atoms with Crippen molar-refractivity contribution in [2.45, 2.75) is 13.1 Å². The Kier molecular flexibility index (Phi) is 6.78. The van der Waals surface area contributed by atoms with Gasteiger partial charge in [-0.2, -0.15) is 0 Å². The Morgan fingerprint density at radius 1 is 0.750 bits per heavy atom. The second-order valence-corrected chi connectivity index (χ2v) is 7.44. The SMILES string of the molecule is O=C(NCc1ccccc1)C(=CC1=Cc2ccccc2OC1)C(=O)NCc1ccccc1. The van der Waals surface area contributed by atoms with E-state index >= 15 is 0 Å². The summed E-state index contributed by atoms with van der Waals surface area (Å²) in [5.41, 5.74) is 3.63. The lowest BCUT2D eigenvalue weighted by Crippen LogP contribution is -2.34. The molecule has 0 radical (unpaired) electrons. The molecule has 160 valence electrons. The van der Waals surface area contributed by atoms with Crippen LogP contribution in [0.4, 0.5) is 0 Å². The molecule has 2 N–H and O–H groups in total. The Morgan fingerprint density at radius 2 is 1.28 bits per heavy atom. The molecule has 0 aliphatic carbocycles. The number of nitrogens with one attached hydrogen (secondary N) is 2. The van der Waals surface area contributed by atoms with Crippen LogP contribution in [0.3, 0.4) is 0 Å². The number of benzene rings is 3. The van der Waals surface area contributed by atoms with Crippen molar-refractivity contribution >= 4 is 17.9 Å². The molecule has 3 aromatic carbocycles. The van der Waals surface area contributed by atoms with E-state index in [9.17, 15) is 9.59 Å². The number of carbonyl (C=O) groups excluding carboxylic acids is 2. The van der Waals surface area contributed by atoms with E-state index in [1.807, 2.05) is 91.0 Å². The zero-order chi connectivity index (χ0) is 22.2. The van der Waals surface area contributed by atoms with Gasteiger partial charge in [-0.15, -0.1) is 0 Å². The van der Waals surface area contributed by atoms with Crippen molar-refractivity contribution in [3.63, 3.8) is 0 Å². The quantitative estimate of drug-likeness (QED) is 0.342. The normalized spacial score (nSPS) is 11.9. The largest absolute Gasteiger partial charge is 0.488 e. The first-order valence-electron chi connectivity index (χ1n) is 10.5. The molecule has 2 amide bonds. The molecular formula is C27H24N2O3. The third-order valence-corrected chi connectivity index (χ3v) is 5.07. The van der Waals surface area contributed by atoms with Gasteiger partial charge in [-0.05, 0) is 34.9 Å². The van der Waals surface area contributed by atoms with Gasteiger partial charge in [0.2, 0.25) is 0 Å². The fraction of sp³-hybridized carbons (Fsp3) is 0.111. The van der Waals surface area contributed by atoms with Gasteiger partial charge in [-0.25, -0.2) is 0 Å². The van der Waals surface area contributed by atoms with Crippen LogP contribution in [0.15, 0.2) is 102 Å². The summed E-state index contributed by atoms with van der Waals surface area (Å²) in [5.74, 6) is -0.0772. The van der Waals surface area contributed by atoms with Gasteiger partial charge in [0.1, 0.15) is 17.9 Å². The molecule has 0 spiro atoms. The van der Waals surface area contributed by atoms with Crippen molar-refractivity contribution < 1.29 is 14.3 Å². The van der Waals surface area contributed by atoms with Crippen LogP contribution >= 0.6 is 0 Å². The summed E-state index contributed by atoms with van der Waals surface area (Å²) >= 11 is 0. The Hall–Kier alpha value is -4.12. The van der Waals surface area contributed by atoms with Crippen LogP contribution in [-0.2, 0) is 22.7 Å². The summed E-state index contributed by atoms with van der Waals surface area (Å²) < 4.78 is 5.78. The molecule has 0 saturated heterocycles. The van der Waals surface area contributed by atoms with Crippen molar-refractivity contribution in [3.05, 3.63) is 119 Å². The van der Waals surface area contributed by atoms with Gasteiger partial charge in [-0.3, -0.25) is 9.59 Å². The van der Waals surface area contributed by atoms with E-state index in [2.05, 4.69) is 10.6 Å². The summed E-state index contributed by atoms with van der Waals surface area (Å²) in [7, 11) is 0. The molecule has 5 heteroatoms. The lowest BCUT2D eigenvalue weighted by Gasteiger charge is -2.17. The fourth-order valence-electron chi connectivity index (χ4n) is 3.38. The number of hydrogen-bond acceptors (Lipinski definition) is 3. The van der Waals surface area contributed by atoms with E-state index in [4.69, 9.17) is 4.74 Å². The van der Waals surface area contributed by atoms with Gasteiger partial charge in [0.25, 0.3) is 11.8 Å². The van der Waals surface area contributed by atoms with Gasteiger partial charge in [0, 0.05) is 18.7 Å². The van der Waals surface area contributed by atoms with Crippen molar-refractivity contribution in [2.24, 2.45) is 0 Å². The average molecular weight is 425 g/mol. The molecule has 0 bridgehead atoms. The lowest BCUT2D eigenvalue weighted by atomic mass is 10.0. The minimum absolute atomic E-state index is 0.0473. The highest BCUT2D eigenvalue weighted by Crippen LogP contribution is 2.26. The van der Waals surface area contributed by atoms with Gasteiger partial charge >= 0.3 is 0 Å². The molecule has 1 aliphatic rings. The highest BCUT2D eigenvalue weighted by Gasteiger charge is 2.20. The van der Waals surface area contributed by atoms with E-state index in [0.29, 0.717) is 19.7 Å². The molecule has 0 fully saturated rings. The van der Waals surface area contributed by atoms with E-state index in [1.54, 1.807) is 6.08 Å². The first-order valence-corrected chi connectivity index (χ1v) is 10.5. The maximum absolute atomic E-state index is 13.0. The monoisotopic (exact) mass is 424 g/mol. The molecule has 1 heterocycles. The van der Waals surface area contributed by atoms with Gasteiger partial charge < -0.3 is 15.4 Å². The topological polar surface area (TPSA) is 67.4 Å². The third-order valence-electron chi connectivity index (χ3n) is 5.07. The van der Waals surface area contributed by atoms with E-state index in [0.717, 1.165) is 28.0 Å². The highest BCUT2D eigenvalue weighted by molar-refractivity contribution is 6.18. The summed E-state index contributed by atoms with van der Waals surface area (Å²) in [4.78, 5) is 26.0. The second-order valence-electron chi connectivity index (χ2n) is 7.44. The molecule has 5 nitrogen and oxygen atoms in total. The van der Waals surface area contributed by atoms with E-state index in [-0.39, 0.29) is 5.57 Å². The predicted molar refractivity (Wildman–Crippen MR) is 125 cm³/mol. The van der Waals surface area contributed by atoms with Crippen molar-refractivity contribution in [2.75, 3.05) is 6.61 Å². The first kappa shape index (κ1) is 21.1. The van der Waals surface area contributed by atoms with Crippen molar-refractivity contribution in [1.29, 1.82) is 0 Å². The van der Waals surface area contributed by atoms with Crippen LogP contribution in [0, 0.1) is 0 Å². The summed E-state index contributed by atoms with van der Waals surface area (Å²) in [5, 5.41) is 5.70. The summed E-state index contributed by atoms with van der Waals surface area (Å²) in [6.45, 7) is 0.959. The van der Waals surface area contributed by atoms with Crippen LogP contribution in [0.2, 0.25) is 0 Å². The molecule has 4 rings (SSSR count). The molecule has 3 aromatic rings. The first-order chi connectivity index (χ1) is 15.7. The number of hydrogen-bond donors (Lipinski definition) is 2. The number of ether oxygens (including phenoxy) is 1. The molecule has 0 atom stereocenters. The van der Waals surface area contributed by atoms with Crippen LogP contribution in [0.5, 0.6) is 5.75 Å². The minimum Gasteiger partial charge on any atom is -0.488 e. The maximum Gasteiger partial charge on any atom is 0.257 e. The van der Waals surface area contributed by atoms with Crippen molar-refractivity contribution in [3.8, 4) is 5.75 Å². The average Bonchev–Trinajstić information content (AvgIpc) is 2.85. The summed E-state index contributed by atoms with van der Waals surface area (Å²) in [6.07, 6.45) is 3.55. The smallest absolute Gasteiger partial charge is 0.257 e. The molecule has 0 aromatic heterocycles. The molecule has 0 saturated carbocycles. The van der Waals surface area contributed by atoms with Crippen LogP contribution in [0.1, 0.15) is 16.7 Å². The van der Waals surface area contributed by atoms with Crippen LogP contribution < -0.4 is 15.4 Å². The third kappa shape index (κ3) is 5.52. The Balaban J connectivity index is 1.54. The zero-order valence-corrected chi connectivity index (χ0v) is 17.6. The number of carbonyl (C=O) groups is 2. The molecular weight excluding hydrogens is 400 g/mol. The second kappa shape index (κ2) is 10.3. The van der Waals surface area contributed by atoms with E-state index < -0.39 is 11.8 Å². The highest BCUT2D eigenvalue weighted by atomic mass is 16.5. The lowest BCUT2D eigenvalue weighted by molar-refractivity contribution is -0.123. The summed E-state index contributed by atoms with van der Waals surface area (Å²) in [6, 6.07) is 26.8. The number of rotatable bonds is 7. The zero-order valence-electron chi connectivity index (χ0n) is 17.6. The van der Waals surface area contributed by atoms with Gasteiger partial charge in [0.05, 0.1) is 0 Å². The number of para-hydroxylation sites is 1. The van der Waals surface area contributed by atoms with Crippen LogP contribution in [-0.4, -0.2) is 18.4 Å². The molecule has 0 unspecified atom stereocenters. The number of amides is 2. The Labute approximate surface area is 187 Å². The van der Waals surface area contributed by atoms with E-state index in [1.165, 1.54) is 0 Å². The minimum atomic E-state index is -0.431. The number of fused-ring (bicyclic) bond motifs is 1. The van der Waals surface area contributed by atoms with Crippen LogP contribution in [0.25, 0.3) is 6.08 Å². The van der Waals surface area contributed by atoms with Crippen molar-refractivity contribution in [1.82, 2.24) is 10.6 Å². The fourth-order valence-corrected chi connectivity index (χ4v) is 3.38. The standard InChI is InChI=1S/C27H24N2O3/c30-26(28-17-20-9-3-1-4-10-20)24(27(31)29-18-21-11-5-2-6-12-21)16-22-15-23-13-7-8-14-25(23)32-19-22/h1-16H,17-19H2,(H,28,30)(H,29,31).